The lowest BCUT2D eigenvalue weighted by Gasteiger charge is -2.22. The van der Waals surface area contributed by atoms with Gasteiger partial charge in [-0.25, -0.2) is 9.50 Å². The quantitative estimate of drug-likeness (QED) is 0.640. The number of nitrogens with one attached hydrogen (secondary N) is 2. The Balaban J connectivity index is 1.48. The average molecular weight is 394 g/mol. The van der Waals surface area contributed by atoms with Crippen LogP contribution in [0.2, 0.25) is 0 Å². The number of thioether (sulfide) groups is 1. The van der Waals surface area contributed by atoms with Crippen molar-refractivity contribution in [2.75, 3.05) is 18.4 Å². The molecule has 1 atom stereocenters. The Kier molecular flexibility index (Phi) is 4.99. The monoisotopic (exact) mass is 393 g/mol. The summed E-state index contributed by atoms with van der Waals surface area (Å²) in [4.78, 5) is 4.73. The minimum Gasteiger partial charge on any atom is -0.375 e. The highest BCUT2D eigenvalue weighted by molar-refractivity contribution is 7.99. The van der Waals surface area contributed by atoms with E-state index in [1.807, 2.05) is 18.0 Å². The second-order valence-electron chi connectivity index (χ2n) is 7.93. The second kappa shape index (κ2) is 7.76. The van der Waals surface area contributed by atoms with Crippen molar-refractivity contribution in [3.8, 4) is 0 Å². The summed E-state index contributed by atoms with van der Waals surface area (Å²) in [5.41, 5.74) is 4.56. The topological polar surface area (TPSA) is 54.2 Å². The van der Waals surface area contributed by atoms with Crippen LogP contribution >= 0.6 is 11.8 Å². The summed E-state index contributed by atoms with van der Waals surface area (Å²) in [5, 5.41) is 13.9. The summed E-state index contributed by atoms with van der Waals surface area (Å²) in [6.45, 7) is 4.42. The molecule has 3 aromatic rings. The van der Waals surface area contributed by atoms with Gasteiger partial charge in [0.2, 0.25) is 0 Å². The molecule has 2 aromatic heterocycles. The Morgan fingerprint density at radius 2 is 1.93 bits per heavy atom. The molecule has 5 nitrogen and oxygen atoms in total. The molecule has 2 fully saturated rings. The molecule has 1 saturated carbocycles. The Morgan fingerprint density at radius 3 is 2.68 bits per heavy atom. The van der Waals surface area contributed by atoms with Gasteiger partial charge < -0.3 is 10.6 Å². The Hall–Kier alpha value is -2.05. The van der Waals surface area contributed by atoms with Crippen LogP contribution in [0.3, 0.4) is 0 Å². The number of piperidine rings is 1. The van der Waals surface area contributed by atoms with Gasteiger partial charge in [-0.2, -0.15) is 5.10 Å². The molecule has 146 valence electrons. The number of benzene rings is 1. The molecule has 1 aromatic carbocycles. The molecule has 2 aliphatic rings. The van der Waals surface area contributed by atoms with E-state index >= 15 is 0 Å². The van der Waals surface area contributed by atoms with Gasteiger partial charge >= 0.3 is 0 Å². The first-order valence-corrected chi connectivity index (χ1v) is 11.2. The molecule has 0 spiro atoms. The summed E-state index contributed by atoms with van der Waals surface area (Å²) in [6.07, 6.45) is 6.94. The Bertz CT molecular complexity index is 944. The van der Waals surface area contributed by atoms with Crippen molar-refractivity contribution in [1.82, 2.24) is 19.9 Å². The predicted molar refractivity (Wildman–Crippen MR) is 115 cm³/mol. The molecule has 1 aliphatic carbocycles. The van der Waals surface area contributed by atoms with E-state index in [-0.39, 0.29) is 6.04 Å². The molecule has 5 rings (SSSR count). The van der Waals surface area contributed by atoms with Crippen molar-refractivity contribution < 1.29 is 0 Å². The van der Waals surface area contributed by atoms with Crippen molar-refractivity contribution in [3.63, 3.8) is 0 Å². The molecule has 28 heavy (non-hydrogen) atoms. The fourth-order valence-electron chi connectivity index (χ4n) is 3.93. The van der Waals surface area contributed by atoms with Gasteiger partial charge in [0.1, 0.15) is 5.03 Å². The maximum Gasteiger partial charge on any atom is 0.177 e. The number of fused-ring (bicyclic) bond motifs is 1. The number of anilines is 1. The first-order valence-electron chi connectivity index (χ1n) is 10.4. The van der Waals surface area contributed by atoms with E-state index in [9.17, 15) is 0 Å². The van der Waals surface area contributed by atoms with E-state index in [0.717, 1.165) is 29.5 Å². The highest BCUT2D eigenvalue weighted by atomic mass is 32.2. The zero-order chi connectivity index (χ0) is 18.9. The van der Waals surface area contributed by atoms with Gasteiger partial charge in [0.25, 0.3) is 0 Å². The zero-order valence-electron chi connectivity index (χ0n) is 16.3. The lowest BCUT2D eigenvalue weighted by Crippen LogP contribution is -2.29. The second-order valence-corrected chi connectivity index (χ2v) is 9.25. The van der Waals surface area contributed by atoms with Crippen molar-refractivity contribution in [2.24, 2.45) is 0 Å². The minimum absolute atomic E-state index is 0.213. The van der Waals surface area contributed by atoms with Gasteiger partial charge in [0.05, 0.1) is 17.6 Å². The molecule has 0 amide bonds. The predicted octanol–water partition coefficient (Wildman–Crippen LogP) is 4.62. The average Bonchev–Trinajstić information content (AvgIpc) is 3.48. The smallest absolute Gasteiger partial charge is 0.177 e. The van der Waals surface area contributed by atoms with Crippen LogP contribution < -0.4 is 10.6 Å². The van der Waals surface area contributed by atoms with E-state index in [2.05, 4.69) is 58.5 Å². The third kappa shape index (κ3) is 3.76. The maximum absolute atomic E-state index is 4.99. The van der Waals surface area contributed by atoms with Crippen LogP contribution in [-0.4, -0.2) is 32.9 Å². The third-order valence-corrected chi connectivity index (χ3v) is 6.96. The molecule has 0 unspecified atom stereocenters. The van der Waals surface area contributed by atoms with Crippen LogP contribution in [0.25, 0.3) is 5.65 Å². The van der Waals surface area contributed by atoms with E-state index in [1.54, 1.807) is 0 Å². The molecule has 2 N–H and O–H groups in total. The zero-order valence-corrected chi connectivity index (χ0v) is 17.1. The Labute approximate surface area is 170 Å². The van der Waals surface area contributed by atoms with Crippen molar-refractivity contribution in [3.05, 3.63) is 53.9 Å². The van der Waals surface area contributed by atoms with Crippen molar-refractivity contribution >= 4 is 23.1 Å². The number of nitrogens with zero attached hydrogens (tertiary/aromatic N) is 3. The van der Waals surface area contributed by atoms with Gasteiger partial charge in [-0.3, -0.25) is 0 Å². The van der Waals surface area contributed by atoms with E-state index in [1.165, 1.54) is 36.9 Å². The highest BCUT2D eigenvalue weighted by Crippen LogP contribution is 2.41. The normalized spacial score (nSPS) is 19.0. The summed E-state index contributed by atoms with van der Waals surface area (Å²) < 4.78 is 2.10. The lowest BCUT2D eigenvalue weighted by atomic mass is 10.1. The van der Waals surface area contributed by atoms with Gasteiger partial charge in [0, 0.05) is 17.2 Å². The lowest BCUT2D eigenvalue weighted by molar-refractivity contribution is 0.531. The summed E-state index contributed by atoms with van der Waals surface area (Å²) in [5.74, 6) is 0.626. The van der Waals surface area contributed by atoms with Crippen LogP contribution in [0.4, 0.5) is 5.69 Å². The first kappa shape index (κ1) is 18.0. The van der Waals surface area contributed by atoms with Crippen LogP contribution in [-0.2, 0) is 0 Å². The summed E-state index contributed by atoms with van der Waals surface area (Å²) >= 11 is 1.92. The van der Waals surface area contributed by atoms with Crippen molar-refractivity contribution in [1.29, 1.82) is 0 Å². The van der Waals surface area contributed by atoms with E-state index < -0.39 is 0 Å². The largest absolute Gasteiger partial charge is 0.375 e. The van der Waals surface area contributed by atoms with Gasteiger partial charge in [-0.1, -0.05) is 30.3 Å². The number of hydrogen-bond acceptors (Lipinski definition) is 5. The van der Waals surface area contributed by atoms with E-state index in [4.69, 9.17) is 10.1 Å². The summed E-state index contributed by atoms with van der Waals surface area (Å²) in [7, 11) is 0. The molecule has 1 aliphatic heterocycles. The van der Waals surface area contributed by atoms with Crippen LogP contribution in [0.1, 0.15) is 55.8 Å². The number of imidazole rings is 1. The van der Waals surface area contributed by atoms with Gasteiger partial charge in [-0.05, 0) is 57.3 Å². The number of hydrogen-bond donors (Lipinski definition) is 2. The van der Waals surface area contributed by atoms with Crippen LogP contribution in [0, 0.1) is 0 Å². The number of aromatic nitrogens is 3. The molecule has 0 radical (unpaired) electrons. The fourth-order valence-corrected chi connectivity index (χ4v) is 5.05. The molecule has 6 heteroatoms. The molecule has 0 bridgehead atoms. The summed E-state index contributed by atoms with van der Waals surface area (Å²) in [6, 6.07) is 13.0. The molecule has 3 heterocycles. The minimum atomic E-state index is 0.213. The SMILES string of the molecule is C[C@H](Nc1cc(SC2CCNCC2)nn2c(C3CC3)cnc12)c1ccccc1. The van der Waals surface area contributed by atoms with Gasteiger partial charge in [0.15, 0.2) is 5.65 Å². The van der Waals surface area contributed by atoms with Crippen LogP contribution in [0.15, 0.2) is 47.6 Å². The maximum atomic E-state index is 4.99. The fraction of sp³-hybridized carbons (Fsp3) is 0.455. The van der Waals surface area contributed by atoms with Gasteiger partial charge in [-0.15, -0.1) is 11.8 Å². The molecular weight excluding hydrogens is 366 g/mol. The van der Waals surface area contributed by atoms with Crippen LogP contribution in [0.5, 0.6) is 0 Å². The van der Waals surface area contributed by atoms with E-state index in [0.29, 0.717) is 11.2 Å². The number of rotatable bonds is 6. The Morgan fingerprint density at radius 1 is 1.14 bits per heavy atom. The first-order chi connectivity index (χ1) is 13.8. The highest BCUT2D eigenvalue weighted by Gasteiger charge is 2.28. The standard InChI is InChI=1S/C22H27N5S/c1-15(16-5-3-2-4-6-16)25-19-13-21(28-18-9-11-23-12-10-18)26-27-20(17-7-8-17)14-24-22(19)27/h2-6,13-15,17-18,23,25H,7-12H2,1H3/t15-/m0/s1. The molecule has 1 saturated heterocycles. The van der Waals surface area contributed by atoms with Crippen molar-refractivity contribution in [2.45, 2.75) is 54.8 Å². The molecular formula is C22H27N5S. The third-order valence-electron chi connectivity index (χ3n) is 5.71.